The van der Waals surface area contributed by atoms with Crippen LogP contribution in [0.4, 0.5) is 0 Å². The van der Waals surface area contributed by atoms with Gasteiger partial charge in [0.05, 0.1) is 0 Å². The Morgan fingerprint density at radius 2 is 2.08 bits per heavy atom. The minimum absolute atomic E-state index is 0.266. The number of fused-ring (bicyclic) bond motifs is 1. The van der Waals surface area contributed by atoms with Gasteiger partial charge in [0.1, 0.15) is 6.04 Å². The van der Waals surface area contributed by atoms with E-state index in [0.29, 0.717) is 12.0 Å². The fourth-order valence-corrected chi connectivity index (χ4v) is 2.51. The second-order valence-electron chi connectivity index (χ2n) is 3.94. The number of carbonyl (C=O) groups is 1. The molecule has 0 unspecified atom stereocenters. The molecule has 2 N–H and O–H groups in total. The molecule has 2 fully saturated rings. The van der Waals surface area contributed by atoms with Gasteiger partial charge < -0.3 is 10.4 Å². The highest BCUT2D eigenvalue weighted by molar-refractivity contribution is 5.74. The lowest BCUT2D eigenvalue weighted by Gasteiger charge is -2.24. The van der Waals surface area contributed by atoms with Gasteiger partial charge in [-0.2, -0.15) is 0 Å². The van der Waals surface area contributed by atoms with Crippen LogP contribution in [0, 0.1) is 5.92 Å². The summed E-state index contributed by atoms with van der Waals surface area (Å²) in [4.78, 5) is 10.7. The van der Waals surface area contributed by atoms with E-state index in [1.165, 1.54) is 25.7 Å². The molecule has 0 amide bonds. The Balaban J connectivity index is 1.98. The summed E-state index contributed by atoms with van der Waals surface area (Å²) in [5.74, 6) is -0.0377. The van der Waals surface area contributed by atoms with E-state index in [4.69, 9.17) is 5.11 Å². The molecule has 0 aromatic rings. The normalized spacial score (nSPS) is 40.8. The van der Waals surface area contributed by atoms with Gasteiger partial charge in [0.15, 0.2) is 0 Å². The van der Waals surface area contributed by atoms with Crippen molar-refractivity contribution in [2.75, 3.05) is 0 Å². The van der Waals surface area contributed by atoms with Crippen molar-refractivity contribution in [3.8, 4) is 0 Å². The minimum atomic E-state index is -0.676. The first-order valence-electron chi connectivity index (χ1n) is 4.76. The Kier molecular flexibility index (Phi) is 2.05. The molecule has 12 heavy (non-hydrogen) atoms. The van der Waals surface area contributed by atoms with E-state index in [-0.39, 0.29) is 6.04 Å². The Bertz CT molecular complexity index is 179. The van der Waals surface area contributed by atoms with E-state index in [1.54, 1.807) is 0 Å². The van der Waals surface area contributed by atoms with Gasteiger partial charge in [-0.05, 0) is 25.2 Å². The first-order chi connectivity index (χ1) is 5.77. The lowest BCUT2D eigenvalue weighted by atomic mass is 9.85. The number of carboxylic acids is 1. The molecular weight excluding hydrogens is 154 g/mol. The fourth-order valence-electron chi connectivity index (χ4n) is 2.51. The number of hydrogen-bond donors (Lipinski definition) is 2. The van der Waals surface area contributed by atoms with E-state index in [2.05, 4.69) is 5.32 Å². The average molecular weight is 169 g/mol. The summed E-state index contributed by atoms with van der Waals surface area (Å²) in [6.45, 7) is 0. The second kappa shape index (κ2) is 3.05. The molecular formula is C9H15NO2. The van der Waals surface area contributed by atoms with Crippen molar-refractivity contribution in [3.63, 3.8) is 0 Å². The highest BCUT2D eigenvalue weighted by Gasteiger charge is 2.37. The predicted octanol–water partition coefficient (Wildman–Crippen LogP) is 0.992. The quantitative estimate of drug-likeness (QED) is 0.615. The molecule has 1 aliphatic carbocycles. The topological polar surface area (TPSA) is 49.3 Å². The molecule has 2 aliphatic rings. The van der Waals surface area contributed by atoms with E-state index >= 15 is 0 Å². The van der Waals surface area contributed by atoms with Crippen LogP contribution < -0.4 is 5.32 Å². The molecule has 0 radical (unpaired) electrons. The number of nitrogens with one attached hydrogen (secondary N) is 1. The van der Waals surface area contributed by atoms with Crippen LogP contribution in [0.5, 0.6) is 0 Å². The number of aliphatic carboxylic acids is 1. The zero-order chi connectivity index (χ0) is 8.55. The molecule has 3 nitrogen and oxygen atoms in total. The van der Waals surface area contributed by atoms with Crippen molar-refractivity contribution in [1.82, 2.24) is 5.32 Å². The van der Waals surface area contributed by atoms with Crippen LogP contribution in [0.15, 0.2) is 0 Å². The highest BCUT2D eigenvalue weighted by Crippen LogP contribution is 2.32. The molecule has 0 aromatic carbocycles. The van der Waals surface area contributed by atoms with Crippen molar-refractivity contribution in [2.24, 2.45) is 5.92 Å². The van der Waals surface area contributed by atoms with Crippen LogP contribution in [0.25, 0.3) is 0 Å². The van der Waals surface area contributed by atoms with Crippen LogP contribution in [-0.4, -0.2) is 23.2 Å². The SMILES string of the molecule is O=C(O)[C@@H]1C[C@@H]2CCCC[C@H]2N1. The smallest absolute Gasteiger partial charge is 0.320 e. The summed E-state index contributed by atoms with van der Waals surface area (Å²) < 4.78 is 0. The molecule has 0 bridgehead atoms. The number of carboxylic acid groups (broad SMARTS) is 1. The highest BCUT2D eigenvalue weighted by atomic mass is 16.4. The van der Waals surface area contributed by atoms with Gasteiger partial charge in [0.2, 0.25) is 0 Å². The Morgan fingerprint density at radius 1 is 1.33 bits per heavy atom. The van der Waals surface area contributed by atoms with Gasteiger partial charge >= 0.3 is 5.97 Å². The van der Waals surface area contributed by atoms with Gasteiger partial charge in [0.25, 0.3) is 0 Å². The summed E-state index contributed by atoms with van der Waals surface area (Å²) in [6.07, 6.45) is 5.80. The zero-order valence-electron chi connectivity index (χ0n) is 7.12. The predicted molar refractivity (Wildman–Crippen MR) is 44.9 cm³/mol. The third kappa shape index (κ3) is 1.33. The minimum Gasteiger partial charge on any atom is -0.480 e. The molecule has 2 rings (SSSR count). The van der Waals surface area contributed by atoms with Crippen molar-refractivity contribution in [3.05, 3.63) is 0 Å². The van der Waals surface area contributed by atoms with E-state index < -0.39 is 5.97 Å². The fraction of sp³-hybridized carbons (Fsp3) is 0.889. The third-order valence-corrected chi connectivity index (χ3v) is 3.16. The lowest BCUT2D eigenvalue weighted by molar-refractivity contribution is -0.139. The van der Waals surface area contributed by atoms with E-state index in [9.17, 15) is 4.79 Å². The van der Waals surface area contributed by atoms with Crippen LogP contribution in [0.3, 0.4) is 0 Å². The zero-order valence-corrected chi connectivity index (χ0v) is 7.12. The van der Waals surface area contributed by atoms with Crippen molar-refractivity contribution in [2.45, 2.75) is 44.2 Å². The van der Waals surface area contributed by atoms with Gasteiger partial charge in [-0.1, -0.05) is 12.8 Å². The Hall–Kier alpha value is -0.570. The summed E-state index contributed by atoms with van der Waals surface area (Å²) in [7, 11) is 0. The summed E-state index contributed by atoms with van der Waals surface area (Å²) in [5, 5.41) is 12.0. The van der Waals surface area contributed by atoms with E-state index in [0.717, 1.165) is 6.42 Å². The Labute approximate surface area is 72.2 Å². The van der Waals surface area contributed by atoms with Crippen molar-refractivity contribution in [1.29, 1.82) is 0 Å². The maximum Gasteiger partial charge on any atom is 0.320 e. The van der Waals surface area contributed by atoms with Gasteiger partial charge in [-0.25, -0.2) is 0 Å². The first kappa shape index (κ1) is 8.05. The summed E-state index contributed by atoms with van der Waals surface area (Å²) >= 11 is 0. The molecule has 3 atom stereocenters. The van der Waals surface area contributed by atoms with Gasteiger partial charge in [0, 0.05) is 6.04 Å². The summed E-state index contributed by atoms with van der Waals surface area (Å²) in [5.41, 5.74) is 0. The molecule has 1 saturated carbocycles. The third-order valence-electron chi connectivity index (χ3n) is 3.16. The van der Waals surface area contributed by atoms with Crippen LogP contribution >= 0.6 is 0 Å². The molecule has 0 aromatic heterocycles. The first-order valence-corrected chi connectivity index (χ1v) is 4.76. The monoisotopic (exact) mass is 169 g/mol. The maximum absolute atomic E-state index is 10.7. The van der Waals surface area contributed by atoms with Crippen LogP contribution in [0.1, 0.15) is 32.1 Å². The molecule has 1 aliphatic heterocycles. The van der Waals surface area contributed by atoms with Crippen molar-refractivity contribution >= 4 is 5.97 Å². The molecule has 68 valence electrons. The molecule has 1 saturated heterocycles. The average Bonchev–Trinajstić information content (AvgIpc) is 2.46. The lowest BCUT2D eigenvalue weighted by Crippen LogP contribution is -2.36. The number of rotatable bonds is 1. The largest absolute Gasteiger partial charge is 0.480 e. The van der Waals surface area contributed by atoms with Crippen LogP contribution in [-0.2, 0) is 4.79 Å². The van der Waals surface area contributed by atoms with Crippen LogP contribution in [0.2, 0.25) is 0 Å². The molecule has 0 spiro atoms. The second-order valence-corrected chi connectivity index (χ2v) is 3.94. The summed E-state index contributed by atoms with van der Waals surface area (Å²) in [6, 6.07) is 0.234. The van der Waals surface area contributed by atoms with E-state index in [1.807, 2.05) is 0 Å². The molecule has 3 heteroatoms. The van der Waals surface area contributed by atoms with Crippen molar-refractivity contribution < 1.29 is 9.90 Å². The van der Waals surface area contributed by atoms with Gasteiger partial charge in [-0.15, -0.1) is 0 Å². The number of hydrogen-bond acceptors (Lipinski definition) is 2. The van der Waals surface area contributed by atoms with Gasteiger partial charge in [-0.3, -0.25) is 4.79 Å². The maximum atomic E-state index is 10.7. The standard InChI is InChI=1S/C9H15NO2/c11-9(12)8-5-6-3-1-2-4-7(6)10-8/h6-8,10H,1-5H2,(H,11,12)/t6-,7+,8-/m0/s1. The molecule has 1 heterocycles. The Morgan fingerprint density at radius 3 is 2.75 bits per heavy atom.